The molecule has 1 aromatic rings. The molecule has 16 heavy (non-hydrogen) atoms. The molecule has 0 aromatic carbocycles. The van der Waals surface area contributed by atoms with Crippen molar-refractivity contribution in [2.75, 3.05) is 20.6 Å². The van der Waals surface area contributed by atoms with E-state index >= 15 is 0 Å². The van der Waals surface area contributed by atoms with Crippen LogP contribution < -0.4 is 0 Å². The number of hydrogen-bond donors (Lipinski definition) is 1. The van der Waals surface area contributed by atoms with Crippen LogP contribution in [0, 0.1) is 0 Å². The van der Waals surface area contributed by atoms with E-state index in [1.165, 1.54) is 0 Å². The van der Waals surface area contributed by atoms with Crippen molar-refractivity contribution in [1.82, 2.24) is 25.1 Å². The molecule has 0 bridgehead atoms. The van der Waals surface area contributed by atoms with Crippen LogP contribution in [0.3, 0.4) is 0 Å². The summed E-state index contributed by atoms with van der Waals surface area (Å²) in [6.07, 6.45) is 1.39. The minimum Gasteiger partial charge on any atom is -0.481 e. The lowest BCUT2D eigenvalue weighted by Gasteiger charge is -2.09. The fraction of sp³-hybridized carbons (Fsp3) is 0.778. The Hall–Kier alpha value is -1.50. The maximum absolute atomic E-state index is 10.4. The van der Waals surface area contributed by atoms with Gasteiger partial charge in [-0.15, -0.1) is 5.10 Å². The molecule has 0 fully saturated rings. The number of tetrazole rings is 1. The first kappa shape index (κ1) is 12.6. The Labute approximate surface area is 94.0 Å². The van der Waals surface area contributed by atoms with E-state index in [2.05, 4.69) is 20.4 Å². The molecule has 7 heteroatoms. The van der Waals surface area contributed by atoms with Crippen LogP contribution in [0.2, 0.25) is 0 Å². The fourth-order valence-corrected chi connectivity index (χ4v) is 1.33. The topological polar surface area (TPSA) is 84.1 Å². The molecule has 0 saturated heterocycles. The smallest absolute Gasteiger partial charge is 0.303 e. The van der Waals surface area contributed by atoms with Crippen LogP contribution in [0.5, 0.6) is 0 Å². The summed E-state index contributed by atoms with van der Waals surface area (Å²) >= 11 is 0. The Balaban J connectivity index is 2.40. The summed E-state index contributed by atoms with van der Waals surface area (Å²) in [5.41, 5.74) is 0. The Kier molecular flexibility index (Phi) is 4.84. The maximum atomic E-state index is 10.4. The summed E-state index contributed by atoms with van der Waals surface area (Å²) < 4.78 is 1.67. The lowest BCUT2D eigenvalue weighted by Crippen LogP contribution is -2.16. The van der Waals surface area contributed by atoms with E-state index in [4.69, 9.17) is 5.11 Å². The van der Waals surface area contributed by atoms with Crippen molar-refractivity contribution >= 4 is 5.97 Å². The molecule has 0 unspecified atom stereocenters. The van der Waals surface area contributed by atoms with Gasteiger partial charge in [-0.1, -0.05) is 0 Å². The Bertz CT molecular complexity index is 336. The number of hydrogen-bond acceptors (Lipinski definition) is 5. The molecule has 0 aliphatic heterocycles. The van der Waals surface area contributed by atoms with Crippen molar-refractivity contribution in [3.05, 3.63) is 5.82 Å². The zero-order valence-corrected chi connectivity index (χ0v) is 9.63. The number of aromatic nitrogens is 4. The summed E-state index contributed by atoms with van der Waals surface area (Å²) in [5, 5.41) is 19.8. The maximum Gasteiger partial charge on any atom is 0.303 e. The van der Waals surface area contributed by atoms with Gasteiger partial charge in [0, 0.05) is 13.0 Å². The highest BCUT2D eigenvalue weighted by Crippen LogP contribution is 1.99. The second kappa shape index (κ2) is 6.16. The minimum absolute atomic E-state index is 0.0635. The summed E-state index contributed by atoms with van der Waals surface area (Å²) in [5.74, 6) is -0.191. The van der Waals surface area contributed by atoms with Gasteiger partial charge in [-0.2, -0.15) is 0 Å². The summed E-state index contributed by atoms with van der Waals surface area (Å²) in [6, 6.07) is 0. The molecule has 1 rings (SSSR count). The number of rotatable bonds is 7. The normalized spacial score (nSPS) is 10.9. The van der Waals surface area contributed by atoms with E-state index < -0.39 is 5.97 Å². The van der Waals surface area contributed by atoms with Crippen LogP contribution in [-0.4, -0.2) is 56.8 Å². The van der Waals surface area contributed by atoms with Crippen LogP contribution in [0.25, 0.3) is 0 Å². The van der Waals surface area contributed by atoms with Gasteiger partial charge < -0.3 is 10.0 Å². The molecule has 90 valence electrons. The second-order valence-electron chi connectivity index (χ2n) is 3.87. The van der Waals surface area contributed by atoms with Crippen molar-refractivity contribution in [2.45, 2.75) is 25.8 Å². The molecular formula is C9H17N5O2. The van der Waals surface area contributed by atoms with Crippen molar-refractivity contribution in [1.29, 1.82) is 0 Å². The van der Waals surface area contributed by atoms with Gasteiger partial charge in [-0.25, -0.2) is 4.68 Å². The minimum atomic E-state index is -0.831. The van der Waals surface area contributed by atoms with Crippen LogP contribution in [0.1, 0.15) is 18.7 Å². The molecule has 0 amide bonds. The molecule has 0 spiro atoms. The number of carbonyl (C=O) groups is 1. The van der Waals surface area contributed by atoms with E-state index in [0.29, 0.717) is 12.2 Å². The van der Waals surface area contributed by atoms with Gasteiger partial charge in [0.1, 0.15) is 0 Å². The molecular weight excluding hydrogens is 210 g/mol. The number of aliphatic carboxylic acids is 1. The Morgan fingerprint density at radius 2 is 2.25 bits per heavy atom. The van der Waals surface area contributed by atoms with Crippen LogP contribution >= 0.6 is 0 Å². The van der Waals surface area contributed by atoms with Gasteiger partial charge in [-0.05, 0) is 37.5 Å². The molecule has 0 atom stereocenters. The van der Waals surface area contributed by atoms with E-state index in [1.54, 1.807) is 4.68 Å². The highest BCUT2D eigenvalue weighted by atomic mass is 16.4. The van der Waals surface area contributed by atoms with Gasteiger partial charge in [0.25, 0.3) is 0 Å². The zero-order valence-electron chi connectivity index (χ0n) is 9.63. The average molecular weight is 227 g/mol. The van der Waals surface area contributed by atoms with E-state index in [-0.39, 0.29) is 6.42 Å². The quantitative estimate of drug-likeness (QED) is 0.685. The molecule has 7 nitrogen and oxygen atoms in total. The second-order valence-corrected chi connectivity index (χ2v) is 3.87. The molecule has 1 heterocycles. The highest BCUT2D eigenvalue weighted by Gasteiger charge is 2.07. The number of carboxylic acids is 1. The average Bonchev–Trinajstić information content (AvgIpc) is 2.62. The van der Waals surface area contributed by atoms with E-state index in [9.17, 15) is 4.79 Å². The monoisotopic (exact) mass is 227 g/mol. The SMILES string of the molecule is CN(C)CCCn1nnnc1CCC(=O)O. The largest absolute Gasteiger partial charge is 0.481 e. The number of carboxylic acid groups (broad SMARTS) is 1. The standard InChI is InChI=1S/C9H17N5O2/c1-13(2)6-3-7-14-8(10-11-12-14)4-5-9(15)16/h3-7H2,1-2H3,(H,15,16). The Morgan fingerprint density at radius 3 is 2.88 bits per heavy atom. The van der Waals surface area contributed by atoms with Crippen molar-refractivity contribution in [3.63, 3.8) is 0 Å². The fourth-order valence-electron chi connectivity index (χ4n) is 1.33. The third-order valence-electron chi connectivity index (χ3n) is 2.14. The lowest BCUT2D eigenvalue weighted by atomic mass is 10.3. The number of nitrogens with zero attached hydrogens (tertiary/aromatic N) is 5. The molecule has 1 N–H and O–H groups in total. The summed E-state index contributed by atoms with van der Waals surface area (Å²) in [6.45, 7) is 1.68. The van der Waals surface area contributed by atoms with Gasteiger partial charge in [0.05, 0.1) is 6.42 Å². The zero-order chi connectivity index (χ0) is 12.0. The summed E-state index contributed by atoms with van der Waals surface area (Å²) in [4.78, 5) is 12.5. The first-order valence-electron chi connectivity index (χ1n) is 5.21. The predicted octanol–water partition coefficient (Wildman–Crippen LogP) is -0.358. The Morgan fingerprint density at radius 1 is 1.50 bits per heavy atom. The lowest BCUT2D eigenvalue weighted by molar-refractivity contribution is -0.137. The van der Waals surface area contributed by atoms with Gasteiger partial charge >= 0.3 is 5.97 Å². The van der Waals surface area contributed by atoms with E-state index in [1.807, 2.05) is 14.1 Å². The van der Waals surface area contributed by atoms with Crippen molar-refractivity contribution in [3.8, 4) is 0 Å². The van der Waals surface area contributed by atoms with Crippen molar-refractivity contribution in [2.24, 2.45) is 0 Å². The molecule has 0 saturated carbocycles. The van der Waals surface area contributed by atoms with Gasteiger partial charge in [0.2, 0.25) is 0 Å². The predicted molar refractivity (Wildman–Crippen MR) is 56.9 cm³/mol. The van der Waals surface area contributed by atoms with Crippen molar-refractivity contribution < 1.29 is 9.90 Å². The molecule has 0 aliphatic rings. The first-order valence-corrected chi connectivity index (χ1v) is 5.21. The summed E-state index contributed by atoms with van der Waals surface area (Å²) in [7, 11) is 4.01. The third kappa shape index (κ3) is 4.35. The van der Waals surface area contributed by atoms with Gasteiger partial charge in [-0.3, -0.25) is 4.79 Å². The number of aryl methyl sites for hydroxylation is 2. The van der Waals surface area contributed by atoms with Gasteiger partial charge in [0.15, 0.2) is 5.82 Å². The van der Waals surface area contributed by atoms with Crippen LogP contribution in [0.4, 0.5) is 0 Å². The molecule has 1 aromatic heterocycles. The third-order valence-corrected chi connectivity index (χ3v) is 2.14. The highest BCUT2D eigenvalue weighted by molar-refractivity contribution is 5.66. The van der Waals surface area contributed by atoms with E-state index in [0.717, 1.165) is 19.5 Å². The van der Waals surface area contributed by atoms with Crippen LogP contribution in [-0.2, 0) is 17.8 Å². The molecule has 0 aliphatic carbocycles. The van der Waals surface area contributed by atoms with Crippen LogP contribution in [0.15, 0.2) is 0 Å². The molecule has 0 radical (unpaired) electrons. The first-order chi connectivity index (χ1) is 7.59.